The van der Waals surface area contributed by atoms with Crippen molar-refractivity contribution in [3.63, 3.8) is 0 Å². The zero-order valence-electron chi connectivity index (χ0n) is 27.7. The smallest absolute Gasteiger partial charge is 0.343 e. The second-order valence-corrected chi connectivity index (χ2v) is 13.9. The first kappa shape index (κ1) is 32.8. The van der Waals surface area contributed by atoms with Crippen LogP contribution in [0.1, 0.15) is 92.8 Å². The van der Waals surface area contributed by atoms with Gasteiger partial charge in [-0.1, -0.05) is 6.92 Å². The molecule has 0 spiro atoms. The van der Waals surface area contributed by atoms with Gasteiger partial charge in [-0.3, -0.25) is 19.3 Å². The number of esters is 2. The van der Waals surface area contributed by atoms with Gasteiger partial charge in [0, 0.05) is 29.0 Å². The molecule has 3 aromatic rings. The van der Waals surface area contributed by atoms with Crippen molar-refractivity contribution in [2.75, 3.05) is 20.1 Å². The van der Waals surface area contributed by atoms with Crippen molar-refractivity contribution in [2.45, 2.75) is 97.1 Å². The van der Waals surface area contributed by atoms with E-state index in [0.717, 1.165) is 22.1 Å². The summed E-state index contributed by atoms with van der Waals surface area (Å²) in [6.45, 7) is 9.39. The van der Waals surface area contributed by atoms with Crippen LogP contribution in [-0.2, 0) is 49.0 Å². The van der Waals surface area contributed by atoms with E-state index in [1.165, 1.54) is 6.07 Å². The Morgan fingerprint density at radius 1 is 1.23 bits per heavy atom. The highest BCUT2D eigenvalue weighted by molar-refractivity contribution is 5.94. The summed E-state index contributed by atoms with van der Waals surface area (Å²) in [7, 11) is 1.82. The SMILES string of the molecule is CC[C@@]1(O)C(=O)OCc2c1cc1n(c2=O)Cc2c-1nc1cc(F)c(C)c3c1c2[C@@H](NC(=O)CN(C)CCCC(=O)OC(C)(C)C)CC3. The Hall–Kier alpha value is -4.16. The van der Waals surface area contributed by atoms with Crippen molar-refractivity contribution < 1.29 is 33.4 Å². The minimum absolute atomic E-state index is 0.0163. The van der Waals surface area contributed by atoms with Crippen molar-refractivity contribution in [3.05, 3.63) is 61.7 Å². The number of aliphatic hydroxyl groups is 1. The van der Waals surface area contributed by atoms with Gasteiger partial charge < -0.3 is 24.5 Å². The maximum atomic E-state index is 15.2. The Morgan fingerprint density at radius 2 is 1.98 bits per heavy atom. The van der Waals surface area contributed by atoms with Crippen molar-refractivity contribution in [3.8, 4) is 11.4 Å². The maximum absolute atomic E-state index is 15.2. The number of amides is 1. The number of aromatic nitrogens is 2. The molecule has 2 atom stereocenters. The molecule has 2 aromatic heterocycles. The predicted molar refractivity (Wildman–Crippen MR) is 171 cm³/mol. The van der Waals surface area contributed by atoms with Crippen LogP contribution in [0.2, 0.25) is 0 Å². The first-order chi connectivity index (χ1) is 22.1. The van der Waals surface area contributed by atoms with Crippen LogP contribution in [0.5, 0.6) is 0 Å². The van der Waals surface area contributed by atoms with Crippen molar-refractivity contribution in [1.82, 2.24) is 19.8 Å². The molecule has 6 rings (SSSR count). The van der Waals surface area contributed by atoms with Gasteiger partial charge in [-0.05, 0) is 89.7 Å². The lowest BCUT2D eigenvalue weighted by atomic mass is 9.81. The van der Waals surface area contributed by atoms with E-state index in [2.05, 4.69) is 5.32 Å². The van der Waals surface area contributed by atoms with E-state index in [1.807, 2.05) is 32.7 Å². The molecule has 250 valence electrons. The van der Waals surface area contributed by atoms with Crippen molar-refractivity contribution in [2.24, 2.45) is 0 Å². The van der Waals surface area contributed by atoms with Crippen molar-refractivity contribution >= 4 is 28.7 Å². The molecule has 0 radical (unpaired) electrons. The molecule has 2 aliphatic heterocycles. The molecular weight excluding hydrogens is 607 g/mol. The Morgan fingerprint density at radius 3 is 2.68 bits per heavy atom. The number of pyridine rings is 2. The normalized spacial score (nSPS) is 19.7. The minimum atomic E-state index is -1.97. The summed E-state index contributed by atoms with van der Waals surface area (Å²) in [5.74, 6) is -1.68. The molecule has 2 N–H and O–H groups in total. The predicted octanol–water partition coefficient (Wildman–Crippen LogP) is 3.68. The number of hydrogen-bond donors (Lipinski definition) is 2. The molecule has 11 nitrogen and oxygen atoms in total. The average Bonchev–Trinajstić information content (AvgIpc) is 3.36. The summed E-state index contributed by atoms with van der Waals surface area (Å²) < 4.78 is 27.3. The van der Waals surface area contributed by atoms with Gasteiger partial charge >= 0.3 is 11.9 Å². The zero-order valence-corrected chi connectivity index (χ0v) is 27.7. The third-order valence-corrected chi connectivity index (χ3v) is 9.47. The summed E-state index contributed by atoms with van der Waals surface area (Å²) >= 11 is 0. The van der Waals surface area contributed by atoms with Gasteiger partial charge in [0.15, 0.2) is 5.60 Å². The summed E-state index contributed by atoms with van der Waals surface area (Å²) in [4.78, 5) is 58.6. The van der Waals surface area contributed by atoms with Crippen LogP contribution in [0.4, 0.5) is 4.39 Å². The molecule has 4 heterocycles. The van der Waals surface area contributed by atoms with Crippen LogP contribution in [0.15, 0.2) is 16.9 Å². The number of nitrogens with one attached hydrogen (secondary N) is 1. The van der Waals surface area contributed by atoms with Gasteiger partial charge in [0.1, 0.15) is 18.0 Å². The Kier molecular flexibility index (Phi) is 8.24. The summed E-state index contributed by atoms with van der Waals surface area (Å²) in [6.07, 6.45) is 1.87. The Labute approximate surface area is 272 Å². The first-order valence-electron chi connectivity index (χ1n) is 16.1. The van der Waals surface area contributed by atoms with Crippen LogP contribution in [0.3, 0.4) is 0 Å². The van der Waals surface area contributed by atoms with Gasteiger partial charge in [0.05, 0.1) is 41.6 Å². The number of cyclic esters (lactones) is 1. The molecule has 1 aliphatic carbocycles. The lowest BCUT2D eigenvalue weighted by Crippen LogP contribution is -2.44. The van der Waals surface area contributed by atoms with E-state index in [9.17, 15) is 24.3 Å². The number of ether oxygens (including phenoxy) is 2. The van der Waals surface area contributed by atoms with Crippen LogP contribution >= 0.6 is 0 Å². The molecule has 0 unspecified atom stereocenters. The summed E-state index contributed by atoms with van der Waals surface area (Å²) in [5, 5.41) is 15.2. The zero-order chi connectivity index (χ0) is 34.0. The van der Waals surface area contributed by atoms with Crippen LogP contribution in [-0.4, -0.2) is 63.1 Å². The minimum Gasteiger partial charge on any atom is -0.460 e. The second kappa shape index (κ2) is 11.8. The fourth-order valence-corrected chi connectivity index (χ4v) is 7.15. The highest BCUT2D eigenvalue weighted by Gasteiger charge is 2.46. The molecule has 1 aromatic carbocycles. The molecule has 0 bridgehead atoms. The lowest BCUT2D eigenvalue weighted by molar-refractivity contribution is -0.172. The van der Waals surface area contributed by atoms with Gasteiger partial charge in [-0.15, -0.1) is 0 Å². The number of likely N-dealkylation sites (N-methyl/N-ethyl adjacent to an activating group) is 1. The number of carbonyl (C=O) groups excluding carboxylic acids is 3. The Bertz CT molecular complexity index is 1900. The van der Waals surface area contributed by atoms with E-state index in [4.69, 9.17) is 14.5 Å². The largest absolute Gasteiger partial charge is 0.460 e. The molecule has 47 heavy (non-hydrogen) atoms. The fourth-order valence-electron chi connectivity index (χ4n) is 7.15. The lowest BCUT2D eigenvalue weighted by Gasteiger charge is -2.31. The van der Waals surface area contributed by atoms with E-state index in [0.29, 0.717) is 48.3 Å². The van der Waals surface area contributed by atoms with E-state index in [1.54, 1.807) is 24.5 Å². The number of aryl methyl sites for hydroxylation is 1. The number of fused-ring (bicyclic) bond motifs is 5. The van der Waals surface area contributed by atoms with Crippen LogP contribution in [0.25, 0.3) is 22.3 Å². The van der Waals surface area contributed by atoms with Gasteiger partial charge in [0.25, 0.3) is 5.56 Å². The van der Waals surface area contributed by atoms with Gasteiger partial charge in [-0.25, -0.2) is 14.2 Å². The van der Waals surface area contributed by atoms with E-state index >= 15 is 4.39 Å². The van der Waals surface area contributed by atoms with Crippen molar-refractivity contribution in [1.29, 1.82) is 0 Å². The quantitative estimate of drug-likeness (QED) is 0.274. The van der Waals surface area contributed by atoms with E-state index < -0.39 is 28.8 Å². The molecule has 3 aliphatic rings. The van der Waals surface area contributed by atoms with Gasteiger partial charge in [0.2, 0.25) is 5.91 Å². The molecule has 0 fully saturated rings. The monoisotopic (exact) mass is 648 g/mol. The van der Waals surface area contributed by atoms with Crippen LogP contribution < -0.4 is 10.9 Å². The fraction of sp³-hybridized carbons (Fsp3) is 0.514. The molecule has 0 saturated heterocycles. The number of carbonyl (C=O) groups is 3. The molecule has 1 amide bonds. The first-order valence-corrected chi connectivity index (χ1v) is 16.1. The highest BCUT2D eigenvalue weighted by atomic mass is 19.1. The maximum Gasteiger partial charge on any atom is 0.343 e. The third-order valence-electron chi connectivity index (χ3n) is 9.47. The summed E-state index contributed by atoms with van der Waals surface area (Å²) in [6, 6.07) is 2.59. The average molecular weight is 649 g/mol. The molecule has 12 heteroatoms. The Balaban J connectivity index is 1.33. The number of benzene rings is 1. The second-order valence-electron chi connectivity index (χ2n) is 13.9. The van der Waals surface area contributed by atoms with Gasteiger partial charge in [-0.2, -0.15) is 0 Å². The third kappa shape index (κ3) is 5.71. The van der Waals surface area contributed by atoms with Crippen LogP contribution in [0, 0.1) is 12.7 Å². The van der Waals surface area contributed by atoms with E-state index in [-0.39, 0.29) is 61.4 Å². The standard InChI is InChI=1S/C35H41FN4O7/c1-7-35(45)22-13-26-31-20(15-40(26)32(43)21(22)17-46-33(35)44)30-24(11-10-19-18(2)23(36)14-25(38-31)29(19)30)37-27(41)16-39(6)12-8-9-28(42)47-34(3,4)5/h13-14,24,45H,7-12,15-17H2,1-6H3,(H,37,41)/t24-,35-/m0/s1. The number of rotatable bonds is 8. The summed E-state index contributed by atoms with van der Waals surface area (Å²) in [5.41, 5.74) is 1.70. The number of nitrogens with zero attached hydrogens (tertiary/aromatic N) is 3. The number of halogens is 1. The molecular formula is C35H41FN4O7. The highest BCUT2D eigenvalue weighted by Crippen LogP contribution is 2.46. The topological polar surface area (TPSA) is 140 Å². The number of hydrogen-bond acceptors (Lipinski definition) is 9. The molecule has 0 saturated carbocycles.